The molecule has 1 aliphatic rings. The molecule has 1 atom stereocenters. The van der Waals surface area contributed by atoms with Gasteiger partial charge in [0, 0.05) is 24.2 Å². The Balaban J connectivity index is 1.75. The Morgan fingerprint density at radius 2 is 2.04 bits per heavy atom. The van der Waals surface area contributed by atoms with Crippen molar-refractivity contribution < 1.29 is 14.6 Å². The van der Waals surface area contributed by atoms with E-state index < -0.39 is 6.10 Å². The van der Waals surface area contributed by atoms with E-state index >= 15 is 0 Å². The highest BCUT2D eigenvalue weighted by Gasteiger charge is 2.24. The van der Waals surface area contributed by atoms with Crippen molar-refractivity contribution in [1.82, 2.24) is 9.80 Å². The smallest absolute Gasteiger partial charge is 0.159 e. The summed E-state index contributed by atoms with van der Waals surface area (Å²) >= 11 is 0. The van der Waals surface area contributed by atoms with Crippen LogP contribution in [-0.4, -0.2) is 72.2 Å². The van der Waals surface area contributed by atoms with Crippen molar-refractivity contribution in [3.63, 3.8) is 0 Å². The number of hydrogen-bond donors (Lipinski definition) is 1. The second-order valence-corrected chi connectivity index (χ2v) is 7.35. The zero-order valence-corrected chi connectivity index (χ0v) is 15.9. The van der Waals surface area contributed by atoms with Gasteiger partial charge < -0.3 is 19.6 Å². The fourth-order valence-corrected chi connectivity index (χ4v) is 3.37. The van der Waals surface area contributed by atoms with Crippen LogP contribution in [0.1, 0.15) is 44.0 Å². The van der Waals surface area contributed by atoms with Crippen LogP contribution in [0.3, 0.4) is 0 Å². The minimum absolute atomic E-state index is 0.0125. The van der Waals surface area contributed by atoms with E-state index in [1.807, 2.05) is 6.07 Å². The van der Waals surface area contributed by atoms with Crippen LogP contribution in [0.15, 0.2) is 24.3 Å². The first-order valence-electron chi connectivity index (χ1n) is 9.23. The fourth-order valence-electron chi connectivity index (χ4n) is 3.37. The number of nitrogens with zero attached hydrogens (tertiary/aromatic N) is 2. The quantitative estimate of drug-likeness (QED) is 0.731. The minimum Gasteiger partial charge on any atom is -0.491 e. The number of Topliss-reactive ketones (excluding diaryl/α,β-unsaturated/α-hetero) is 1. The van der Waals surface area contributed by atoms with Gasteiger partial charge in [-0.05, 0) is 65.9 Å². The van der Waals surface area contributed by atoms with E-state index in [0.29, 0.717) is 29.9 Å². The van der Waals surface area contributed by atoms with E-state index in [9.17, 15) is 9.90 Å². The molecule has 25 heavy (non-hydrogen) atoms. The van der Waals surface area contributed by atoms with Gasteiger partial charge in [-0.25, -0.2) is 0 Å². The zero-order chi connectivity index (χ0) is 18.4. The van der Waals surface area contributed by atoms with E-state index in [4.69, 9.17) is 4.74 Å². The molecule has 0 amide bonds. The third kappa shape index (κ3) is 6.10. The van der Waals surface area contributed by atoms with Gasteiger partial charge in [0.2, 0.25) is 0 Å². The van der Waals surface area contributed by atoms with Gasteiger partial charge >= 0.3 is 0 Å². The first kappa shape index (κ1) is 19.9. The maximum atomic E-state index is 11.4. The Kier molecular flexibility index (Phi) is 7.41. The summed E-state index contributed by atoms with van der Waals surface area (Å²) in [6.07, 6.45) is 1.74. The number of rotatable bonds is 8. The number of likely N-dealkylation sites (tertiary alicyclic amines) is 1. The van der Waals surface area contributed by atoms with Crippen LogP contribution < -0.4 is 4.74 Å². The van der Waals surface area contributed by atoms with E-state index in [2.05, 4.69) is 30.7 Å². The first-order chi connectivity index (χ1) is 11.9. The molecule has 1 fully saturated rings. The number of aliphatic hydroxyl groups is 1. The number of likely N-dealkylation sites (N-methyl/N-ethyl adjacent to an activating group) is 1. The predicted molar refractivity (Wildman–Crippen MR) is 100 cm³/mol. The Bertz CT molecular complexity index is 554. The number of ether oxygens (including phenoxy) is 1. The van der Waals surface area contributed by atoms with Crippen molar-refractivity contribution in [3.8, 4) is 5.75 Å². The lowest BCUT2D eigenvalue weighted by Crippen LogP contribution is -2.47. The summed E-state index contributed by atoms with van der Waals surface area (Å²) in [4.78, 5) is 16.2. The minimum atomic E-state index is -0.547. The number of carbonyl (C=O) groups excluding carboxylic acids is 1. The molecule has 5 heteroatoms. The number of aliphatic hydroxyl groups excluding tert-OH is 1. The van der Waals surface area contributed by atoms with Crippen molar-refractivity contribution in [2.45, 2.75) is 51.8 Å². The van der Waals surface area contributed by atoms with Crippen molar-refractivity contribution in [1.29, 1.82) is 0 Å². The van der Waals surface area contributed by atoms with Gasteiger partial charge in [-0.15, -0.1) is 0 Å². The van der Waals surface area contributed by atoms with Crippen LogP contribution in [0.4, 0.5) is 0 Å². The number of ketones is 1. The summed E-state index contributed by atoms with van der Waals surface area (Å²) in [5.74, 6) is 0.637. The molecule has 5 nitrogen and oxygen atoms in total. The maximum Gasteiger partial charge on any atom is 0.159 e. The standard InChI is InChI=1S/C20H32N2O3/c1-15(2)22-10-8-18(9-11-22)21(4)13-19(24)14-25-20-7-5-6-17(12-20)16(3)23/h5-7,12,15,18-19,24H,8-11,13-14H2,1-4H3. The van der Waals surface area contributed by atoms with E-state index in [1.165, 1.54) is 6.92 Å². The Morgan fingerprint density at radius 1 is 1.36 bits per heavy atom. The molecule has 0 aromatic heterocycles. The van der Waals surface area contributed by atoms with Crippen LogP contribution >= 0.6 is 0 Å². The van der Waals surface area contributed by atoms with Crippen molar-refractivity contribution in [2.75, 3.05) is 33.3 Å². The molecule has 1 aliphatic heterocycles. The second kappa shape index (κ2) is 9.32. The molecular formula is C20H32N2O3. The Hall–Kier alpha value is -1.43. The topological polar surface area (TPSA) is 53.0 Å². The lowest BCUT2D eigenvalue weighted by Gasteiger charge is -2.39. The summed E-state index contributed by atoms with van der Waals surface area (Å²) in [5, 5.41) is 10.3. The van der Waals surface area contributed by atoms with E-state index in [1.54, 1.807) is 18.2 Å². The lowest BCUT2D eigenvalue weighted by atomic mass is 10.0. The van der Waals surface area contributed by atoms with Crippen molar-refractivity contribution in [2.24, 2.45) is 0 Å². The van der Waals surface area contributed by atoms with Crippen molar-refractivity contribution >= 4 is 5.78 Å². The third-order valence-electron chi connectivity index (χ3n) is 5.03. The SMILES string of the molecule is CC(=O)c1cccc(OCC(O)CN(C)C2CCN(C(C)C)CC2)c1. The molecule has 1 heterocycles. The second-order valence-electron chi connectivity index (χ2n) is 7.35. The van der Waals surface area contributed by atoms with Crippen molar-refractivity contribution in [3.05, 3.63) is 29.8 Å². The molecule has 1 aromatic rings. The Morgan fingerprint density at radius 3 is 2.64 bits per heavy atom. The summed E-state index contributed by atoms with van der Waals surface area (Å²) in [7, 11) is 2.08. The Labute approximate surface area is 151 Å². The molecule has 140 valence electrons. The predicted octanol–water partition coefficient (Wildman–Crippen LogP) is 2.43. The molecule has 0 aliphatic carbocycles. The average Bonchev–Trinajstić information content (AvgIpc) is 2.60. The monoisotopic (exact) mass is 348 g/mol. The molecule has 1 unspecified atom stereocenters. The van der Waals surface area contributed by atoms with E-state index in [0.717, 1.165) is 25.9 Å². The average molecular weight is 348 g/mol. The third-order valence-corrected chi connectivity index (χ3v) is 5.03. The molecule has 1 N–H and O–H groups in total. The number of benzene rings is 1. The lowest BCUT2D eigenvalue weighted by molar-refractivity contribution is 0.0433. The van der Waals surface area contributed by atoms with Crippen LogP contribution in [0.25, 0.3) is 0 Å². The number of hydrogen-bond acceptors (Lipinski definition) is 5. The van der Waals surface area contributed by atoms with E-state index in [-0.39, 0.29) is 12.4 Å². The van der Waals surface area contributed by atoms with Gasteiger partial charge in [0.05, 0.1) is 0 Å². The molecule has 0 spiro atoms. The van der Waals surface area contributed by atoms with Crippen LogP contribution in [-0.2, 0) is 0 Å². The highest BCUT2D eigenvalue weighted by molar-refractivity contribution is 5.94. The van der Waals surface area contributed by atoms with Gasteiger partial charge in [-0.1, -0.05) is 12.1 Å². The highest BCUT2D eigenvalue weighted by Crippen LogP contribution is 2.18. The first-order valence-corrected chi connectivity index (χ1v) is 9.23. The van der Waals surface area contributed by atoms with Gasteiger partial charge in [-0.3, -0.25) is 4.79 Å². The van der Waals surface area contributed by atoms with Crippen LogP contribution in [0, 0.1) is 0 Å². The van der Waals surface area contributed by atoms with Gasteiger partial charge in [0.25, 0.3) is 0 Å². The van der Waals surface area contributed by atoms with Crippen LogP contribution in [0.5, 0.6) is 5.75 Å². The largest absolute Gasteiger partial charge is 0.491 e. The normalized spacial score (nSPS) is 17.9. The highest BCUT2D eigenvalue weighted by atomic mass is 16.5. The molecule has 1 aromatic carbocycles. The molecule has 0 bridgehead atoms. The number of piperidine rings is 1. The summed E-state index contributed by atoms with van der Waals surface area (Å²) in [5.41, 5.74) is 0.626. The maximum absolute atomic E-state index is 11.4. The summed E-state index contributed by atoms with van der Waals surface area (Å²) in [6, 6.07) is 8.22. The fraction of sp³-hybridized carbons (Fsp3) is 0.650. The summed E-state index contributed by atoms with van der Waals surface area (Å²) < 4.78 is 5.66. The molecule has 0 radical (unpaired) electrons. The number of carbonyl (C=O) groups is 1. The van der Waals surface area contributed by atoms with Gasteiger partial charge in [0.15, 0.2) is 5.78 Å². The van der Waals surface area contributed by atoms with Gasteiger partial charge in [0.1, 0.15) is 18.5 Å². The zero-order valence-electron chi connectivity index (χ0n) is 15.9. The van der Waals surface area contributed by atoms with Gasteiger partial charge in [-0.2, -0.15) is 0 Å². The molecule has 0 saturated carbocycles. The molecular weight excluding hydrogens is 316 g/mol. The molecule has 1 saturated heterocycles. The summed E-state index contributed by atoms with van der Waals surface area (Å²) in [6.45, 7) is 9.09. The molecule has 2 rings (SSSR count). The van der Waals surface area contributed by atoms with Crippen LogP contribution in [0.2, 0.25) is 0 Å².